The average Bonchev–Trinajstić information content (AvgIpc) is 3.09. The Morgan fingerprint density at radius 3 is 2.41 bits per heavy atom. The molecule has 51 heavy (non-hydrogen) atoms. The van der Waals surface area contributed by atoms with Crippen LogP contribution in [0, 0.1) is 29.5 Å². The maximum Gasteiger partial charge on any atom is 0.290 e. The number of aryl methyl sites for hydroxylation is 1. The van der Waals surface area contributed by atoms with Crippen molar-refractivity contribution in [2.45, 2.75) is 46.5 Å². The zero-order chi connectivity index (χ0) is 38.5. The molecule has 0 aliphatic rings. The van der Waals surface area contributed by atoms with E-state index in [1.807, 2.05) is 20.8 Å². The number of carbonyl (C=O) groups is 2. The van der Waals surface area contributed by atoms with Crippen LogP contribution in [0.5, 0.6) is 0 Å². The largest absolute Gasteiger partial charge is 0.380 e. The van der Waals surface area contributed by atoms with Crippen LogP contribution in [0.2, 0.25) is 0 Å². The van der Waals surface area contributed by atoms with Crippen LogP contribution in [-0.4, -0.2) is 84.5 Å². The van der Waals surface area contributed by atoms with Crippen molar-refractivity contribution >= 4 is 41.7 Å². The number of amides is 2. The highest BCUT2D eigenvalue weighted by molar-refractivity contribution is 5.94. The molecule has 0 aliphatic heterocycles. The number of aromatic nitrogens is 3. The molecule has 2 N–H and O–H groups in total. The Labute approximate surface area is 300 Å². The number of allylic oxidation sites excluding steroid dienone is 1. The number of nitrogens with one attached hydrogen (secondary N) is 2. The van der Waals surface area contributed by atoms with Gasteiger partial charge in [0.05, 0.1) is 17.9 Å². The van der Waals surface area contributed by atoms with E-state index >= 15 is 4.39 Å². The molecule has 3 rings (SSSR count). The number of benzene rings is 1. The van der Waals surface area contributed by atoms with Crippen LogP contribution < -0.4 is 10.9 Å². The van der Waals surface area contributed by atoms with E-state index in [4.69, 9.17) is 16.6 Å². The molecule has 0 saturated carbocycles. The predicted octanol–water partition coefficient (Wildman–Crippen LogP) is 5.92. The van der Waals surface area contributed by atoms with Crippen LogP contribution in [0.1, 0.15) is 73.8 Å². The van der Waals surface area contributed by atoms with Gasteiger partial charge >= 0.3 is 0 Å². The second-order valence-electron chi connectivity index (χ2n) is 13.4. The van der Waals surface area contributed by atoms with Crippen LogP contribution in [0.3, 0.4) is 0 Å². The predicted molar refractivity (Wildman–Crippen MR) is 203 cm³/mol. The number of pyridine rings is 1. The Balaban J connectivity index is 0.000000880. The third-order valence-electron chi connectivity index (χ3n) is 7.86. The SMILES string of the molecule is C#Cc1cc(C(C)(C)C)cc(F)c1/C=C(COC)/C(=C\C=N)c1cc(Nc2ccc(C(=O)N(C)C)cn2)c(=O)n(C)n1.CCC(C)CN(C)C=O. The molecule has 272 valence electrons. The van der Waals surface area contributed by atoms with Crippen LogP contribution in [0.25, 0.3) is 11.6 Å². The number of hydrogen-bond acceptors (Lipinski definition) is 8. The van der Waals surface area contributed by atoms with Crippen molar-refractivity contribution in [1.29, 1.82) is 5.41 Å². The van der Waals surface area contributed by atoms with Crippen molar-refractivity contribution < 1.29 is 18.7 Å². The number of anilines is 2. The fourth-order valence-corrected chi connectivity index (χ4v) is 4.77. The molecule has 11 nitrogen and oxygen atoms in total. The van der Waals surface area contributed by atoms with Gasteiger partial charge in [0.15, 0.2) is 0 Å². The van der Waals surface area contributed by atoms with Crippen molar-refractivity contribution in [2.75, 3.05) is 46.7 Å². The van der Waals surface area contributed by atoms with E-state index in [2.05, 4.69) is 35.2 Å². The first-order valence-corrected chi connectivity index (χ1v) is 16.4. The Bertz CT molecular complexity index is 1850. The summed E-state index contributed by atoms with van der Waals surface area (Å²) in [6, 6.07) is 7.96. The number of halogens is 1. The van der Waals surface area contributed by atoms with Gasteiger partial charge in [0, 0.05) is 71.0 Å². The lowest BCUT2D eigenvalue weighted by Crippen LogP contribution is -2.24. The summed E-state index contributed by atoms with van der Waals surface area (Å²) < 4.78 is 22.1. The average molecular weight is 700 g/mol. The van der Waals surface area contributed by atoms with E-state index in [1.165, 1.54) is 43.5 Å². The van der Waals surface area contributed by atoms with Gasteiger partial charge in [-0.05, 0) is 65.0 Å². The van der Waals surface area contributed by atoms with Gasteiger partial charge in [-0.15, -0.1) is 6.42 Å². The monoisotopic (exact) mass is 699 g/mol. The van der Waals surface area contributed by atoms with Crippen molar-refractivity contribution in [3.05, 3.63) is 92.3 Å². The van der Waals surface area contributed by atoms with Gasteiger partial charge in [-0.3, -0.25) is 14.4 Å². The first-order valence-electron chi connectivity index (χ1n) is 16.4. The Morgan fingerprint density at radius 2 is 1.90 bits per heavy atom. The third-order valence-corrected chi connectivity index (χ3v) is 7.86. The second-order valence-corrected chi connectivity index (χ2v) is 13.4. The molecule has 0 saturated heterocycles. The molecule has 1 atom stereocenters. The van der Waals surface area contributed by atoms with Crippen LogP contribution in [0.4, 0.5) is 15.9 Å². The molecular weight excluding hydrogens is 649 g/mol. The molecule has 0 spiro atoms. The van der Waals surface area contributed by atoms with E-state index in [0.29, 0.717) is 39.7 Å². The lowest BCUT2D eigenvalue weighted by atomic mass is 9.84. The lowest BCUT2D eigenvalue weighted by Gasteiger charge is -2.21. The molecule has 3 aromatic rings. The number of nitrogens with zero attached hydrogens (tertiary/aromatic N) is 5. The third kappa shape index (κ3) is 11.9. The van der Waals surface area contributed by atoms with Gasteiger partial charge in [-0.25, -0.2) is 14.1 Å². The number of methoxy groups -OCH3 is 1. The molecule has 2 heterocycles. The normalized spacial score (nSPS) is 12.2. The van der Waals surface area contributed by atoms with Crippen LogP contribution in [0.15, 0.2) is 53.0 Å². The molecule has 0 aliphatic carbocycles. The topological polar surface area (TPSA) is 134 Å². The Kier molecular flexibility index (Phi) is 15.6. The Morgan fingerprint density at radius 1 is 1.22 bits per heavy atom. The summed E-state index contributed by atoms with van der Waals surface area (Å²) in [6.45, 7) is 11.1. The smallest absolute Gasteiger partial charge is 0.290 e. The fourth-order valence-electron chi connectivity index (χ4n) is 4.77. The highest BCUT2D eigenvalue weighted by Gasteiger charge is 2.20. The zero-order valence-corrected chi connectivity index (χ0v) is 31.3. The highest BCUT2D eigenvalue weighted by Crippen LogP contribution is 2.31. The molecule has 2 amide bonds. The van der Waals surface area contributed by atoms with Crippen LogP contribution in [-0.2, 0) is 22.0 Å². The second kappa shape index (κ2) is 19.1. The van der Waals surface area contributed by atoms with E-state index in [9.17, 15) is 14.4 Å². The van der Waals surface area contributed by atoms with Crippen molar-refractivity contribution in [3.63, 3.8) is 0 Å². The van der Waals surface area contributed by atoms with Crippen molar-refractivity contribution in [1.82, 2.24) is 24.6 Å². The van der Waals surface area contributed by atoms with Crippen molar-refractivity contribution in [3.8, 4) is 12.3 Å². The minimum atomic E-state index is -0.490. The molecule has 0 fully saturated rings. The fraction of sp³-hybridized carbons (Fsp3) is 0.385. The molecule has 12 heteroatoms. The van der Waals surface area contributed by atoms with Crippen molar-refractivity contribution in [2.24, 2.45) is 13.0 Å². The first kappa shape index (κ1) is 41.8. The highest BCUT2D eigenvalue weighted by atomic mass is 19.1. The quantitative estimate of drug-likeness (QED) is 0.0979. The van der Waals surface area contributed by atoms with Gasteiger partial charge in [-0.2, -0.15) is 5.10 Å². The number of ether oxygens (including phenoxy) is 1. The van der Waals surface area contributed by atoms with E-state index in [-0.39, 0.29) is 29.2 Å². The minimum absolute atomic E-state index is 0.0420. The summed E-state index contributed by atoms with van der Waals surface area (Å²) in [5.41, 5.74) is 2.38. The molecule has 1 unspecified atom stereocenters. The Hall–Kier alpha value is -5.41. The summed E-state index contributed by atoms with van der Waals surface area (Å²) in [7, 11) is 8.08. The van der Waals surface area contributed by atoms with Gasteiger partial charge in [0.1, 0.15) is 17.3 Å². The molecule has 2 aromatic heterocycles. The molecule has 0 bridgehead atoms. The van der Waals surface area contributed by atoms with Crippen LogP contribution >= 0.6 is 0 Å². The summed E-state index contributed by atoms with van der Waals surface area (Å²) >= 11 is 0. The van der Waals surface area contributed by atoms with Gasteiger partial charge in [0.2, 0.25) is 6.41 Å². The summed E-state index contributed by atoms with van der Waals surface area (Å²) in [6.07, 6.45) is 13.3. The molecule has 1 aromatic carbocycles. The summed E-state index contributed by atoms with van der Waals surface area (Å²) in [5.74, 6) is 2.86. The number of hydrogen-bond donors (Lipinski definition) is 2. The molecule has 0 radical (unpaired) electrons. The van der Waals surface area contributed by atoms with E-state index in [0.717, 1.165) is 35.8 Å². The summed E-state index contributed by atoms with van der Waals surface area (Å²) in [4.78, 5) is 42.6. The minimum Gasteiger partial charge on any atom is -0.380 e. The van der Waals surface area contributed by atoms with Gasteiger partial charge in [0.25, 0.3) is 11.5 Å². The maximum atomic E-state index is 15.5. The van der Waals surface area contributed by atoms with E-state index < -0.39 is 11.4 Å². The number of carbonyl (C=O) groups excluding carboxylic acids is 2. The maximum absolute atomic E-state index is 15.5. The summed E-state index contributed by atoms with van der Waals surface area (Å²) in [5, 5.41) is 15.2. The van der Waals surface area contributed by atoms with E-state index in [1.54, 1.807) is 50.3 Å². The van der Waals surface area contributed by atoms with Gasteiger partial charge in [-0.1, -0.05) is 47.0 Å². The number of terminal acetylenes is 1. The standard InChI is InChI=1S/C32H35FN6O3.C7H15NO/c1-9-20-14-23(32(2,3)4)16-26(33)25(20)15-22(19-42-8)24(12-13-34)27-17-28(31(41)39(7)37-27)36-29-11-10-21(18-35-29)30(40)38(5)6;1-4-7(2)5-8(3)6-9/h1,10-18,34H,19H2,2-8H3,(H,35,36);6-7H,4-5H2,1-3H3/b22-15+,24-12+,34-13?;. The van der Waals surface area contributed by atoms with Gasteiger partial charge < -0.3 is 25.3 Å². The molecular formula is C39H50FN7O4. The zero-order valence-electron chi connectivity index (χ0n) is 31.3. The lowest BCUT2D eigenvalue weighted by molar-refractivity contribution is -0.117. The first-order chi connectivity index (χ1) is 24.0. The number of rotatable bonds is 13.